The van der Waals surface area contributed by atoms with E-state index in [1.807, 2.05) is 13.8 Å². The highest BCUT2D eigenvalue weighted by Gasteiger charge is 2.16. The molecule has 7 nitrogen and oxygen atoms in total. The van der Waals surface area contributed by atoms with Gasteiger partial charge in [-0.1, -0.05) is 0 Å². The van der Waals surface area contributed by atoms with Gasteiger partial charge in [-0.2, -0.15) is 0 Å². The summed E-state index contributed by atoms with van der Waals surface area (Å²) in [6, 6.07) is 8.09. The van der Waals surface area contributed by atoms with Gasteiger partial charge in [-0.3, -0.25) is 14.9 Å². The van der Waals surface area contributed by atoms with E-state index in [0.717, 1.165) is 21.6 Å². The third kappa shape index (κ3) is 2.83. The van der Waals surface area contributed by atoms with Crippen molar-refractivity contribution in [1.29, 1.82) is 0 Å². The molecule has 1 N–H and O–H groups in total. The van der Waals surface area contributed by atoms with Gasteiger partial charge in [0.05, 0.1) is 10.3 Å². The van der Waals surface area contributed by atoms with E-state index in [-0.39, 0.29) is 11.2 Å². The van der Waals surface area contributed by atoms with Gasteiger partial charge in [0.1, 0.15) is 10.6 Å². The molecule has 3 aromatic heterocycles. The first-order valence-electron chi connectivity index (χ1n) is 8.21. The molecule has 0 bridgehead atoms. The minimum atomic E-state index is -0.431. The van der Waals surface area contributed by atoms with Crippen molar-refractivity contribution in [2.75, 3.05) is 0 Å². The first-order valence-corrected chi connectivity index (χ1v) is 9.02. The average molecular weight is 381 g/mol. The van der Waals surface area contributed by atoms with Crippen LogP contribution >= 0.6 is 11.3 Å². The quantitative estimate of drug-likeness (QED) is 0.408. The average Bonchev–Trinajstić information content (AvgIpc) is 3.20. The number of aromatic nitrogens is 2. The number of non-ortho nitro benzene ring substituents is 1. The van der Waals surface area contributed by atoms with Gasteiger partial charge in [0.15, 0.2) is 11.6 Å². The molecule has 3 heterocycles. The predicted molar refractivity (Wildman–Crippen MR) is 104 cm³/mol. The monoisotopic (exact) mass is 381 g/mol. The molecule has 0 spiro atoms. The molecule has 0 unspecified atom stereocenters. The Kier molecular flexibility index (Phi) is 3.92. The van der Waals surface area contributed by atoms with Gasteiger partial charge in [-0.15, -0.1) is 11.3 Å². The molecule has 8 heteroatoms. The summed E-state index contributed by atoms with van der Waals surface area (Å²) in [6.45, 7) is 5.66. The van der Waals surface area contributed by atoms with Crippen molar-refractivity contribution in [3.63, 3.8) is 0 Å². The molecule has 0 fully saturated rings. The van der Waals surface area contributed by atoms with E-state index >= 15 is 0 Å². The SMILES string of the molecule is Cc1cc([N+](=O)[O-])ccc1-c1ccc(-c2nc3sc(C)c(C)c3c(=O)[nH]2)o1. The number of nitrogens with zero attached hydrogens (tertiary/aromatic N) is 2. The summed E-state index contributed by atoms with van der Waals surface area (Å²) >= 11 is 1.48. The lowest BCUT2D eigenvalue weighted by molar-refractivity contribution is -0.384. The Bertz CT molecular complexity index is 1270. The summed E-state index contributed by atoms with van der Waals surface area (Å²) in [5.41, 5.74) is 2.26. The minimum absolute atomic E-state index is 0.0305. The summed E-state index contributed by atoms with van der Waals surface area (Å²) in [7, 11) is 0. The van der Waals surface area contributed by atoms with E-state index in [1.165, 1.54) is 23.5 Å². The van der Waals surface area contributed by atoms with E-state index in [9.17, 15) is 14.9 Å². The maximum Gasteiger partial charge on any atom is 0.269 e. The van der Waals surface area contributed by atoms with Gasteiger partial charge in [0.25, 0.3) is 11.2 Å². The van der Waals surface area contributed by atoms with Crippen LogP contribution in [0, 0.1) is 30.9 Å². The van der Waals surface area contributed by atoms with Gasteiger partial charge in [-0.25, -0.2) is 4.98 Å². The molecular formula is C19H15N3O4S. The van der Waals surface area contributed by atoms with Crippen molar-refractivity contribution < 1.29 is 9.34 Å². The third-order valence-electron chi connectivity index (χ3n) is 4.56. The number of nitrogens with one attached hydrogen (secondary N) is 1. The number of nitro benzene ring substituents is 1. The van der Waals surface area contributed by atoms with Crippen LogP contribution in [0.3, 0.4) is 0 Å². The molecule has 1 aromatic carbocycles. The maximum absolute atomic E-state index is 12.4. The Balaban J connectivity index is 1.78. The molecule has 136 valence electrons. The van der Waals surface area contributed by atoms with Gasteiger partial charge >= 0.3 is 0 Å². The van der Waals surface area contributed by atoms with E-state index in [4.69, 9.17) is 4.42 Å². The van der Waals surface area contributed by atoms with Gasteiger partial charge in [0.2, 0.25) is 0 Å². The number of aryl methyl sites for hydroxylation is 3. The zero-order chi connectivity index (χ0) is 19.3. The fourth-order valence-electron chi connectivity index (χ4n) is 3.02. The number of furan rings is 1. The summed E-state index contributed by atoms with van der Waals surface area (Å²) in [6.07, 6.45) is 0. The number of thiophene rings is 1. The van der Waals surface area contributed by atoms with E-state index < -0.39 is 4.92 Å². The van der Waals surface area contributed by atoms with E-state index in [0.29, 0.717) is 27.6 Å². The zero-order valence-electron chi connectivity index (χ0n) is 14.8. The maximum atomic E-state index is 12.4. The van der Waals surface area contributed by atoms with E-state index in [2.05, 4.69) is 9.97 Å². The standard InChI is InChI=1S/C19H15N3O4S/c1-9-8-12(22(24)25)4-5-13(9)14-6-7-15(26-14)17-20-18(23)16-10(2)11(3)27-19(16)21-17/h4-8H,1-3H3,(H,20,21,23). The second-order valence-corrected chi connectivity index (χ2v) is 7.50. The van der Waals surface area contributed by atoms with Crippen LogP contribution in [-0.2, 0) is 0 Å². The summed E-state index contributed by atoms with van der Waals surface area (Å²) < 4.78 is 5.88. The number of hydrogen-bond acceptors (Lipinski definition) is 6. The molecule has 27 heavy (non-hydrogen) atoms. The minimum Gasteiger partial charge on any atom is -0.453 e. The molecule has 0 saturated heterocycles. The molecule has 4 aromatic rings. The molecule has 0 saturated carbocycles. The van der Waals surface area contributed by atoms with Crippen LogP contribution in [-0.4, -0.2) is 14.9 Å². The molecule has 0 amide bonds. The first kappa shape index (κ1) is 17.2. The highest BCUT2D eigenvalue weighted by molar-refractivity contribution is 7.18. The van der Waals surface area contributed by atoms with Crippen molar-refractivity contribution in [2.45, 2.75) is 20.8 Å². The summed E-state index contributed by atoms with van der Waals surface area (Å²) in [4.78, 5) is 32.0. The third-order valence-corrected chi connectivity index (χ3v) is 5.67. The molecule has 0 aliphatic rings. The summed E-state index contributed by atoms with van der Waals surface area (Å²) in [5.74, 6) is 1.35. The van der Waals surface area contributed by atoms with Crippen LogP contribution in [0.1, 0.15) is 16.0 Å². The normalized spacial score (nSPS) is 11.2. The number of nitro groups is 1. The Morgan fingerprint density at radius 3 is 2.59 bits per heavy atom. The lowest BCUT2D eigenvalue weighted by atomic mass is 10.1. The summed E-state index contributed by atoms with van der Waals surface area (Å²) in [5, 5.41) is 11.5. The zero-order valence-corrected chi connectivity index (χ0v) is 15.6. The Hall–Kier alpha value is -3.26. The molecule has 0 radical (unpaired) electrons. The largest absolute Gasteiger partial charge is 0.453 e. The molecule has 0 aliphatic heterocycles. The molecule has 0 atom stereocenters. The van der Waals surface area contributed by atoms with Crippen LogP contribution in [0.4, 0.5) is 5.69 Å². The number of H-pyrrole nitrogens is 1. The molecular weight excluding hydrogens is 366 g/mol. The van der Waals surface area contributed by atoms with Crippen molar-refractivity contribution in [3.05, 3.63) is 66.8 Å². The molecule has 0 aliphatic carbocycles. The number of benzene rings is 1. The van der Waals surface area contributed by atoms with Gasteiger partial charge < -0.3 is 9.40 Å². The lowest BCUT2D eigenvalue weighted by Gasteiger charge is -2.02. The number of aromatic amines is 1. The second-order valence-electron chi connectivity index (χ2n) is 6.30. The highest BCUT2D eigenvalue weighted by atomic mass is 32.1. The number of fused-ring (bicyclic) bond motifs is 1. The first-order chi connectivity index (χ1) is 12.8. The number of hydrogen-bond donors (Lipinski definition) is 1. The van der Waals surface area contributed by atoms with Crippen molar-refractivity contribution in [1.82, 2.24) is 9.97 Å². The lowest BCUT2D eigenvalue weighted by Crippen LogP contribution is -2.08. The Morgan fingerprint density at radius 2 is 1.89 bits per heavy atom. The van der Waals surface area contributed by atoms with E-state index in [1.54, 1.807) is 25.1 Å². The topological polar surface area (TPSA) is 102 Å². The Labute approximate surface area is 157 Å². The van der Waals surface area contributed by atoms with Crippen LogP contribution in [0.15, 0.2) is 39.5 Å². The van der Waals surface area contributed by atoms with Crippen molar-refractivity contribution in [2.24, 2.45) is 0 Å². The van der Waals surface area contributed by atoms with Crippen LogP contribution in [0.2, 0.25) is 0 Å². The van der Waals surface area contributed by atoms with Gasteiger partial charge in [-0.05, 0) is 50.1 Å². The highest BCUT2D eigenvalue weighted by Crippen LogP contribution is 2.32. The van der Waals surface area contributed by atoms with Crippen LogP contribution < -0.4 is 5.56 Å². The van der Waals surface area contributed by atoms with Crippen molar-refractivity contribution >= 4 is 27.2 Å². The Morgan fingerprint density at radius 1 is 1.15 bits per heavy atom. The second kappa shape index (κ2) is 6.17. The van der Waals surface area contributed by atoms with Crippen LogP contribution in [0.5, 0.6) is 0 Å². The number of rotatable bonds is 3. The van der Waals surface area contributed by atoms with Crippen LogP contribution in [0.25, 0.3) is 33.1 Å². The molecule has 4 rings (SSSR count). The van der Waals surface area contributed by atoms with Crippen molar-refractivity contribution in [3.8, 4) is 22.9 Å². The fourth-order valence-corrected chi connectivity index (χ4v) is 4.05. The predicted octanol–water partition coefficient (Wildman–Crippen LogP) is 4.75. The smallest absolute Gasteiger partial charge is 0.269 e. The van der Waals surface area contributed by atoms with Gasteiger partial charge in [0, 0.05) is 22.6 Å². The fraction of sp³-hybridized carbons (Fsp3) is 0.158.